The quantitative estimate of drug-likeness (QED) is 0.882. The fraction of sp³-hybridized carbons (Fsp3) is 0.684. The van der Waals surface area contributed by atoms with Crippen LogP contribution in [0, 0.1) is 5.92 Å². The molecule has 6 heteroatoms. The number of hydrogen-bond donors (Lipinski definition) is 1. The Bertz CT molecular complexity index is 599. The van der Waals surface area contributed by atoms with E-state index >= 15 is 0 Å². The average molecular weight is 348 g/mol. The van der Waals surface area contributed by atoms with Crippen molar-refractivity contribution in [3.8, 4) is 5.75 Å². The molecule has 2 aliphatic rings. The monoisotopic (exact) mass is 348 g/mol. The molecular formula is C19H28N2O4. The van der Waals surface area contributed by atoms with Crippen molar-refractivity contribution in [3.63, 3.8) is 0 Å². The van der Waals surface area contributed by atoms with Crippen LogP contribution in [0.3, 0.4) is 0 Å². The van der Waals surface area contributed by atoms with Gasteiger partial charge in [-0.3, -0.25) is 4.79 Å². The first kappa shape index (κ1) is 18.0. The Labute approximate surface area is 149 Å². The van der Waals surface area contributed by atoms with E-state index in [4.69, 9.17) is 14.5 Å². The SMILES string of the molecule is CC(C)c1ccc(O[C@H]2CCC[C@H](C(=O)O)C2)c(N2CCOCC2)n1. The molecule has 1 saturated heterocycles. The molecule has 3 rings (SSSR count). The summed E-state index contributed by atoms with van der Waals surface area (Å²) in [5.74, 6) is 0.970. The van der Waals surface area contributed by atoms with Gasteiger partial charge in [-0.05, 0) is 43.7 Å². The second-order valence-electron chi connectivity index (χ2n) is 7.25. The molecule has 0 radical (unpaired) electrons. The molecule has 0 amide bonds. The van der Waals surface area contributed by atoms with Gasteiger partial charge in [0.15, 0.2) is 11.6 Å². The first-order valence-electron chi connectivity index (χ1n) is 9.27. The van der Waals surface area contributed by atoms with E-state index in [1.54, 1.807) is 0 Å². The third-order valence-corrected chi connectivity index (χ3v) is 5.03. The van der Waals surface area contributed by atoms with Crippen LogP contribution < -0.4 is 9.64 Å². The normalized spacial score (nSPS) is 24.4. The van der Waals surface area contributed by atoms with Crippen LogP contribution >= 0.6 is 0 Å². The maximum Gasteiger partial charge on any atom is 0.306 e. The number of nitrogens with zero attached hydrogens (tertiary/aromatic N) is 2. The highest BCUT2D eigenvalue weighted by molar-refractivity contribution is 5.70. The first-order chi connectivity index (χ1) is 12.0. The molecule has 0 unspecified atom stereocenters. The van der Waals surface area contributed by atoms with Crippen LogP contribution in [0.25, 0.3) is 0 Å². The predicted molar refractivity (Wildman–Crippen MR) is 95.4 cm³/mol. The van der Waals surface area contributed by atoms with E-state index in [2.05, 4.69) is 18.7 Å². The molecular weight excluding hydrogens is 320 g/mol. The number of aromatic nitrogens is 1. The van der Waals surface area contributed by atoms with Gasteiger partial charge in [0.05, 0.1) is 25.2 Å². The molecule has 0 spiro atoms. The Morgan fingerprint density at radius 3 is 2.76 bits per heavy atom. The summed E-state index contributed by atoms with van der Waals surface area (Å²) in [5, 5.41) is 9.29. The van der Waals surface area contributed by atoms with Crippen molar-refractivity contribution in [2.24, 2.45) is 5.92 Å². The first-order valence-corrected chi connectivity index (χ1v) is 9.27. The fourth-order valence-corrected chi connectivity index (χ4v) is 3.52. The van der Waals surface area contributed by atoms with Gasteiger partial charge < -0.3 is 19.5 Å². The van der Waals surface area contributed by atoms with Crippen molar-refractivity contribution >= 4 is 11.8 Å². The van der Waals surface area contributed by atoms with Gasteiger partial charge in [0, 0.05) is 18.8 Å². The summed E-state index contributed by atoms with van der Waals surface area (Å²) < 4.78 is 11.7. The number of carboxylic acids is 1. The van der Waals surface area contributed by atoms with Gasteiger partial charge in [-0.25, -0.2) is 4.98 Å². The Balaban J connectivity index is 1.80. The van der Waals surface area contributed by atoms with Crippen LogP contribution in [0.1, 0.15) is 51.1 Å². The molecule has 1 N–H and O–H groups in total. The highest BCUT2D eigenvalue weighted by Crippen LogP contribution is 2.34. The fourth-order valence-electron chi connectivity index (χ4n) is 3.52. The van der Waals surface area contributed by atoms with Crippen LogP contribution in [0.5, 0.6) is 5.75 Å². The standard InChI is InChI=1S/C19H28N2O4/c1-13(2)16-6-7-17(18(20-16)21-8-10-24-11-9-21)25-15-5-3-4-14(12-15)19(22)23/h6-7,13-15H,3-5,8-12H2,1-2H3,(H,22,23)/t14-,15-/m0/s1. The smallest absolute Gasteiger partial charge is 0.306 e. The summed E-state index contributed by atoms with van der Waals surface area (Å²) in [7, 11) is 0. The topological polar surface area (TPSA) is 71.9 Å². The van der Waals surface area contributed by atoms with E-state index in [1.165, 1.54) is 0 Å². The molecule has 6 nitrogen and oxygen atoms in total. The minimum atomic E-state index is -0.713. The van der Waals surface area contributed by atoms with Gasteiger partial charge in [-0.2, -0.15) is 0 Å². The van der Waals surface area contributed by atoms with Crippen molar-refractivity contribution in [2.75, 3.05) is 31.2 Å². The maximum atomic E-state index is 11.3. The van der Waals surface area contributed by atoms with Crippen LogP contribution in [0.4, 0.5) is 5.82 Å². The van der Waals surface area contributed by atoms with E-state index in [0.717, 1.165) is 49.6 Å². The maximum absolute atomic E-state index is 11.3. The van der Waals surface area contributed by atoms with Crippen LogP contribution in [-0.2, 0) is 9.53 Å². The lowest BCUT2D eigenvalue weighted by molar-refractivity contribution is -0.143. The zero-order valence-electron chi connectivity index (χ0n) is 15.1. The number of pyridine rings is 1. The van der Waals surface area contributed by atoms with Gasteiger partial charge in [-0.1, -0.05) is 13.8 Å². The number of ether oxygens (including phenoxy) is 2. The summed E-state index contributed by atoms with van der Waals surface area (Å²) >= 11 is 0. The summed E-state index contributed by atoms with van der Waals surface area (Å²) in [4.78, 5) is 18.4. The zero-order chi connectivity index (χ0) is 17.8. The summed E-state index contributed by atoms with van der Waals surface area (Å²) in [6, 6.07) is 4.01. The van der Waals surface area contributed by atoms with E-state index < -0.39 is 5.97 Å². The van der Waals surface area contributed by atoms with E-state index in [1.807, 2.05) is 12.1 Å². The van der Waals surface area contributed by atoms with E-state index in [0.29, 0.717) is 25.6 Å². The second-order valence-corrected chi connectivity index (χ2v) is 7.25. The highest BCUT2D eigenvalue weighted by Gasteiger charge is 2.29. The molecule has 0 aromatic carbocycles. The number of morpholine rings is 1. The molecule has 2 atom stereocenters. The van der Waals surface area contributed by atoms with Crippen LogP contribution in [-0.4, -0.2) is 48.5 Å². The minimum absolute atomic E-state index is 0.0543. The summed E-state index contributed by atoms with van der Waals surface area (Å²) in [5.41, 5.74) is 1.04. The highest BCUT2D eigenvalue weighted by atomic mass is 16.5. The van der Waals surface area contributed by atoms with Gasteiger partial charge in [0.2, 0.25) is 0 Å². The van der Waals surface area contributed by atoms with Crippen molar-refractivity contribution in [2.45, 2.75) is 51.6 Å². The molecule has 2 heterocycles. The summed E-state index contributed by atoms with van der Waals surface area (Å²) in [6.07, 6.45) is 3.06. The second kappa shape index (κ2) is 8.04. The Kier molecular flexibility index (Phi) is 5.78. The third-order valence-electron chi connectivity index (χ3n) is 5.03. The molecule has 0 bridgehead atoms. The molecule has 2 fully saturated rings. The van der Waals surface area contributed by atoms with E-state index in [-0.39, 0.29) is 12.0 Å². The van der Waals surface area contributed by atoms with Crippen molar-refractivity contribution in [1.82, 2.24) is 4.98 Å². The van der Waals surface area contributed by atoms with E-state index in [9.17, 15) is 9.90 Å². The minimum Gasteiger partial charge on any atom is -0.487 e. The number of anilines is 1. The van der Waals surface area contributed by atoms with Crippen molar-refractivity contribution in [1.29, 1.82) is 0 Å². The molecule has 1 saturated carbocycles. The van der Waals surface area contributed by atoms with Crippen LogP contribution in [0.15, 0.2) is 12.1 Å². The molecule has 25 heavy (non-hydrogen) atoms. The average Bonchev–Trinajstić information content (AvgIpc) is 2.63. The van der Waals surface area contributed by atoms with Gasteiger partial charge in [0.25, 0.3) is 0 Å². The number of carbonyl (C=O) groups is 1. The van der Waals surface area contributed by atoms with Gasteiger partial charge in [0.1, 0.15) is 0 Å². The number of carboxylic acid groups (broad SMARTS) is 1. The predicted octanol–water partition coefficient (Wildman–Crippen LogP) is 3.06. The summed E-state index contributed by atoms with van der Waals surface area (Å²) in [6.45, 7) is 7.24. The van der Waals surface area contributed by atoms with Crippen molar-refractivity contribution in [3.05, 3.63) is 17.8 Å². The zero-order valence-corrected chi connectivity index (χ0v) is 15.1. The molecule has 1 aromatic heterocycles. The number of hydrogen-bond acceptors (Lipinski definition) is 5. The lowest BCUT2D eigenvalue weighted by atomic mass is 9.87. The molecule has 138 valence electrons. The molecule has 1 aliphatic carbocycles. The molecule has 1 aliphatic heterocycles. The lowest BCUT2D eigenvalue weighted by Gasteiger charge is -2.32. The van der Waals surface area contributed by atoms with Gasteiger partial charge >= 0.3 is 5.97 Å². The van der Waals surface area contributed by atoms with Gasteiger partial charge in [-0.15, -0.1) is 0 Å². The van der Waals surface area contributed by atoms with Crippen LogP contribution in [0.2, 0.25) is 0 Å². The number of aliphatic carboxylic acids is 1. The Hall–Kier alpha value is -1.82. The Morgan fingerprint density at radius 1 is 1.32 bits per heavy atom. The Morgan fingerprint density at radius 2 is 2.08 bits per heavy atom. The molecule has 1 aromatic rings. The van der Waals surface area contributed by atoms with Crippen molar-refractivity contribution < 1.29 is 19.4 Å². The third kappa shape index (κ3) is 4.42. The number of rotatable bonds is 5. The lowest BCUT2D eigenvalue weighted by Crippen LogP contribution is -2.37. The largest absolute Gasteiger partial charge is 0.487 e.